The van der Waals surface area contributed by atoms with E-state index >= 15 is 0 Å². The molecule has 0 heterocycles. The van der Waals surface area contributed by atoms with Gasteiger partial charge in [-0.3, -0.25) is 9.59 Å². The van der Waals surface area contributed by atoms with E-state index in [2.05, 4.69) is 27.7 Å². The van der Waals surface area contributed by atoms with Crippen molar-refractivity contribution in [2.45, 2.75) is 374 Å². The number of esters is 2. The van der Waals surface area contributed by atoms with Gasteiger partial charge < -0.3 is 9.47 Å². The maximum Gasteiger partial charge on any atom is 0.305 e. The van der Waals surface area contributed by atoms with Gasteiger partial charge in [0.25, 0.3) is 0 Å². The summed E-state index contributed by atoms with van der Waals surface area (Å²) < 4.78 is 10.8. The Morgan fingerprint density at radius 2 is 0.333 bits per heavy atom. The molecule has 0 aromatic rings. The fourth-order valence-electron chi connectivity index (χ4n) is 9.33. The van der Waals surface area contributed by atoms with Crippen molar-refractivity contribution in [3.05, 3.63) is 0 Å². The molecule has 396 valence electrons. The molecule has 0 aliphatic heterocycles. The maximum absolute atomic E-state index is 11.9. The highest BCUT2D eigenvalue weighted by Crippen LogP contribution is 2.17. The molecule has 66 heavy (non-hydrogen) atoms. The van der Waals surface area contributed by atoms with E-state index in [0.717, 1.165) is 25.7 Å². The SMILES string of the molecule is CCCCCCCCCCCCCCCCOC(=O)CCCCCCCCCCCCC.CCCCCCCCCCCCCCCCOC(=O)CCCCCCCCCCCCCCC. The predicted molar refractivity (Wildman–Crippen MR) is 294 cm³/mol. The highest BCUT2D eigenvalue weighted by molar-refractivity contribution is 5.69. The molecule has 0 saturated carbocycles. The average molecular weight is 934 g/mol. The minimum atomic E-state index is 0.0237. The van der Waals surface area contributed by atoms with Crippen molar-refractivity contribution in [1.29, 1.82) is 0 Å². The van der Waals surface area contributed by atoms with Gasteiger partial charge >= 0.3 is 11.9 Å². The summed E-state index contributed by atoms with van der Waals surface area (Å²) in [7, 11) is 0. The van der Waals surface area contributed by atoms with E-state index in [9.17, 15) is 9.59 Å². The summed E-state index contributed by atoms with van der Waals surface area (Å²) in [5, 5.41) is 0. The minimum absolute atomic E-state index is 0.0237. The first-order valence-corrected chi connectivity index (χ1v) is 30.9. The Labute approximate surface area is 417 Å². The molecule has 4 heteroatoms. The fourth-order valence-corrected chi connectivity index (χ4v) is 9.33. The van der Waals surface area contributed by atoms with Crippen molar-refractivity contribution in [2.24, 2.45) is 0 Å². The normalized spacial score (nSPS) is 11.2. The molecular formula is C62H124O4. The highest BCUT2D eigenvalue weighted by atomic mass is 16.5. The van der Waals surface area contributed by atoms with E-state index in [-0.39, 0.29) is 11.9 Å². The lowest BCUT2D eigenvalue weighted by Gasteiger charge is -2.06. The van der Waals surface area contributed by atoms with Crippen LogP contribution in [0.5, 0.6) is 0 Å². The van der Waals surface area contributed by atoms with E-state index in [1.807, 2.05) is 0 Å². The quantitative estimate of drug-likeness (QED) is 0.0450. The molecule has 0 aromatic carbocycles. The van der Waals surface area contributed by atoms with Crippen LogP contribution in [-0.4, -0.2) is 25.2 Å². The van der Waals surface area contributed by atoms with Crippen LogP contribution in [0.3, 0.4) is 0 Å². The molecule has 0 saturated heterocycles. The Morgan fingerprint density at radius 3 is 0.500 bits per heavy atom. The average Bonchev–Trinajstić information content (AvgIpc) is 3.32. The molecule has 0 bridgehead atoms. The van der Waals surface area contributed by atoms with Crippen molar-refractivity contribution in [1.82, 2.24) is 0 Å². The van der Waals surface area contributed by atoms with Gasteiger partial charge in [-0.05, 0) is 25.7 Å². The predicted octanol–water partition coefficient (Wildman–Crippen LogP) is 22.2. The van der Waals surface area contributed by atoms with Gasteiger partial charge in [-0.15, -0.1) is 0 Å². The molecule has 0 spiro atoms. The second-order valence-electron chi connectivity index (χ2n) is 20.9. The Balaban J connectivity index is 0. The molecule has 0 atom stereocenters. The molecule has 0 radical (unpaired) electrons. The molecule has 0 N–H and O–H groups in total. The lowest BCUT2D eigenvalue weighted by molar-refractivity contribution is -0.144. The van der Waals surface area contributed by atoms with Gasteiger partial charge in [0.1, 0.15) is 0 Å². The monoisotopic (exact) mass is 933 g/mol. The highest BCUT2D eigenvalue weighted by Gasteiger charge is 2.05. The van der Waals surface area contributed by atoms with Crippen molar-refractivity contribution in [3.63, 3.8) is 0 Å². The minimum Gasteiger partial charge on any atom is -0.466 e. The number of carbonyl (C=O) groups is 2. The lowest BCUT2D eigenvalue weighted by Crippen LogP contribution is -2.05. The van der Waals surface area contributed by atoms with E-state index in [1.54, 1.807) is 0 Å². The van der Waals surface area contributed by atoms with Crippen LogP contribution in [-0.2, 0) is 19.1 Å². The van der Waals surface area contributed by atoms with Crippen molar-refractivity contribution < 1.29 is 19.1 Å². The number of hydrogen-bond donors (Lipinski definition) is 0. The molecule has 0 unspecified atom stereocenters. The summed E-state index contributed by atoms with van der Waals surface area (Å²) in [6, 6.07) is 0. The topological polar surface area (TPSA) is 52.6 Å². The molecule has 0 fully saturated rings. The van der Waals surface area contributed by atoms with Crippen molar-refractivity contribution in [3.8, 4) is 0 Å². The first-order valence-electron chi connectivity index (χ1n) is 30.9. The van der Waals surface area contributed by atoms with Gasteiger partial charge in [-0.2, -0.15) is 0 Å². The van der Waals surface area contributed by atoms with Crippen LogP contribution in [0.2, 0.25) is 0 Å². The molecule has 0 rings (SSSR count). The number of ether oxygens (including phenoxy) is 2. The van der Waals surface area contributed by atoms with E-state index in [4.69, 9.17) is 9.47 Å². The summed E-state index contributed by atoms with van der Waals surface area (Å²) in [6.07, 6.45) is 71.4. The Morgan fingerprint density at radius 1 is 0.197 bits per heavy atom. The second-order valence-corrected chi connectivity index (χ2v) is 20.9. The van der Waals surface area contributed by atoms with Gasteiger partial charge in [0.2, 0.25) is 0 Å². The van der Waals surface area contributed by atoms with Crippen LogP contribution in [0, 0.1) is 0 Å². The molecule has 4 nitrogen and oxygen atoms in total. The smallest absolute Gasteiger partial charge is 0.305 e. The van der Waals surface area contributed by atoms with Crippen LogP contribution in [0.1, 0.15) is 374 Å². The summed E-state index contributed by atoms with van der Waals surface area (Å²) in [4.78, 5) is 23.7. The third-order valence-electron chi connectivity index (χ3n) is 14.0. The molecule has 0 aliphatic rings. The molecule has 0 amide bonds. The number of carbonyl (C=O) groups excluding carboxylic acids is 2. The zero-order valence-electron chi connectivity index (χ0n) is 46.2. The zero-order valence-corrected chi connectivity index (χ0v) is 46.2. The first-order chi connectivity index (χ1) is 32.6. The largest absolute Gasteiger partial charge is 0.466 e. The van der Waals surface area contributed by atoms with E-state index in [0.29, 0.717) is 26.1 Å². The summed E-state index contributed by atoms with van der Waals surface area (Å²) in [6.45, 7) is 10.4. The van der Waals surface area contributed by atoms with Crippen LogP contribution < -0.4 is 0 Å². The van der Waals surface area contributed by atoms with Gasteiger partial charge in [0, 0.05) is 12.8 Å². The second kappa shape index (κ2) is 63.9. The maximum atomic E-state index is 11.9. The van der Waals surface area contributed by atoms with Gasteiger partial charge in [0.15, 0.2) is 0 Å². The third-order valence-corrected chi connectivity index (χ3v) is 14.0. The van der Waals surface area contributed by atoms with Crippen LogP contribution in [0.25, 0.3) is 0 Å². The zero-order chi connectivity index (χ0) is 48.2. The van der Waals surface area contributed by atoms with Crippen LogP contribution >= 0.6 is 0 Å². The van der Waals surface area contributed by atoms with Gasteiger partial charge in [-0.1, -0.05) is 336 Å². The Kier molecular flexibility index (Phi) is 64.9. The van der Waals surface area contributed by atoms with Crippen molar-refractivity contribution >= 4 is 11.9 Å². The number of rotatable bonds is 56. The molecular weight excluding hydrogens is 809 g/mol. The third kappa shape index (κ3) is 65.0. The van der Waals surface area contributed by atoms with Gasteiger partial charge in [-0.25, -0.2) is 0 Å². The van der Waals surface area contributed by atoms with Crippen LogP contribution in [0.4, 0.5) is 0 Å². The van der Waals surface area contributed by atoms with E-state index < -0.39 is 0 Å². The fraction of sp³-hybridized carbons (Fsp3) is 0.968. The van der Waals surface area contributed by atoms with Crippen LogP contribution in [0.15, 0.2) is 0 Å². The molecule has 0 aliphatic carbocycles. The first kappa shape index (κ1) is 67.0. The Hall–Kier alpha value is -1.06. The van der Waals surface area contributed by atoms with Crippen molar-refractivity contribution in [2.75, 3.05) is 13.2 Å². The number of unbranched alkanes of at least 4 members (excludes halogenated alkanes) is 48. The number of hydrogen-bond acceptors (Lipinski definition) is 4. The molecule has 0 aromatic heterocycles. The summed E-state index contributed by atoms with van der Waals surface area (Å²) in [5.41, 5.74) is 0. The Bertz CT molecular complexity index is 872. The van der Waals surface area contributed by atoms with E-state index in [1.165, 1.54) is 308 Å². The standard InChI is InChI=1S/C32H64O2.C30H60O2/c1-3-5-7-9-11-13-15-17-19-21-23-25-27-29-31-34-32(33)30-28-26-24-22-20-18-16-14-12-10-8-6-4-2;1-3-5-7-9-11-13-15-16-17-19-21-23-25-27-29-32-30(31)28-26-24-22-20-18-14-12-10-8-6-4-2/h3-31H2,1-2H3;3-29H2,1-2H3. The van der Waals surface area contributed by atoms with Gasteiger partial charge in [0.05, 0.1) is 13.2 Å². The summed E-state index contributed by atoms with van der Waals surface area (Å²) >= 11 is 0. The lowest BCUT2D eigenvalue weighted by atomic mass is 10.0. The summed E-state index contributed by atoms with van der Waals surface area (Å²) in [5.74, 6) is 0.0494.